The van der Waals surface area contributed by atoms with Gasteiger partial charge in [0.05, 0.1) is 17.8 Å². The van der Waals surface area contributed by atoms with Crippen LogP contribution in [-0.2, 0) is 24.1 Å². The van der Waals surface area contributed by atoms with Gasteiger partial charge in [-0.2, -0.15) is 0 Å². The number of nitrogens with one attached hydrogen (secondary N) is 2. The van der Waals surface area contributed by atoms with Gasteiger partial charge in [0.2, 0.25) is 5.91 Å². The summed E-state index contributed by atoms with van der Waals surface area (Å²) in [5.41, 5.74) is 6.30. The van der Waals surface area contributed by atoms with E-state index in [2.05, 4.69) is 80.5 Å². The molecule has 2 aromatic rings. The Bertz CT molecular complexity index is 1060. The number of aliphatic imine (C=N–C) groups is 1. The van der Waals surface area contributed by atoms with Gasteiger partial charge in [0.1, 0.15) is 0 Å². The van der Waals surface area contributed by atoms with Gasteiger partial charge in [-0.1, -0.05) is 32.0 Å². The van der Waals surface area contributed by atoms with Gasteiger partial charge in [-0.05, 0) is 75.3 Å². The van der Waals surface area contributed by atoms with Gasteiger partial charge < -0.3 is 15.5 Å². The number of benzene rings is 1. The van der Waals surface area contributed by atoms with Crippen LogP contribution in [0.4, 0.5) is 5.69 Å². The summed E-state index contributed by atoms with van der Waals surface area (Å²) < 4.78 is 0. The number of carbonyl (C=O) groups excluding carboxylic acids is 1. The van der Waals surface area contributed by atoms with E-state index >= 15 is 0 Å². The van der Waals surface area contributed by atoms with Gasteiger partial charge in [-0.15, -0.1) is 0 Å². The van der Waals surface area contributed by atoms with E-state index in [0.29, 0.717) is 5.92 Å². The lowest BCUT2D eigenvalue weighted by Crippen LogP contribution is -2.30. The van der Waals surface area contributed by atoms with Gasteiger partial charge in [-0.25, -0.2) is 0 Å². The second-order valence-corrected chi connectivity index (χ2v) is 9.85. The second-order valence-electron chi connectivity index (χ2n) is 9.85. The lowest BCUT2D eigenvalue weighted by molar-refractivity contribution is -0.115. The number of aryl methyl sites for hydroxylation is 2. The van der Waals surface area contributed by atoms with E-state index in [1.54, 1.807) is 0 Å². The number of rotatable bonds is 11. The van der Waals surface area contributed by atoms with Gasteiger partial charge in [0.15, 0.2) is 0 Å². The number of allylic oxidation sites excluding steroid dienone is 1. The highest BCUT2D eigenvalue weighted by molar-refractivity contribution is 5.92. The first-order valence-corrected chi connectivity index (χ1v) is 12.8. The van der Waals surface area contributed by atoms with E-state index in [9.17, 15) is 4.79 Å². The lowest BCUT2D eigenvalue weighted by Gasteiger charge is -2.19. The molecule has 1 amide bonds. The first-order valence-electron chi connectivity index (χ1n) is 12.8. The topological polar surface area (TPSA) is 69.6 Å². The SMILES string of the molecule is CCN(C)/C=C(/N=CC(C)N[C@@H](C)c1cccc(NC(=O)Cc2ccc3c(n2)CCC3)c1)C(C)C. The maximum atomic E-state index is 12.7. The molecule has 0 saturated heterocycles. The van der Waals surface area contributed by atoms with Crippen LogP contribution in [0.15, 0.2) is 53.3 Å². The van der Waals surface area contributed by atoms with Crippen molar-refractivity contribution >= 4 is 17.8 Å². The van der Waals surface area contributed by atoms with Gasteiger partial charge >= 0.3 is 0 Å². The number of aromatic nitrogens is 1. The van der Waals surface area contributed by atoms with Crippen molar-refractivity contribution in [2.45, 2.75) is 72.4 Å². The Morgan fingerprint density at radius 1 is 1.17 bits per heavy atom. The normalized spacial score (nSPS) is 15.3. The number of pyridine rings is 1. The van der Waals surface area contributed by atoms with E-state index < -0.39 is 0 Å². The molecular weight excluding hydrogens is 434 g/mol. The summed E-state index contributed by atoms with van der Waals surface area (Å²) in [5, 5.41) is 6.63. The molecule has 6 nitrogen and oxygen atoms in total. The van der Waals surface area contributed by atoms with Crippen LogP contribution < -0.4 is 10.6 Å². The fourth-order valence-corrected chi connectivity index (χ4v) is 4.20. The summed E-state index contributed by atoms with van der Waals surface area (Å²) in [4.78, 5) is 24.2. The van der Waals surface area contributed by atoms with Crippen LogP contribution in [0, 0.1) is 5.92 Å². The Morgan fingerprint density at radius 2 is 1.97 bits per heavy atom. The number of hydrogen-bond donors (Lipinski definition) is 2. The zero-order valence-corrected chi connectivity index (χ0v) is 22.1. The van der Waals surface area contributed by atoms with Crippen molar-refractivity contribution in [2.75, 3.05) is 18.9 Å². The van der Waals surface area contributed by atoms with E-state index in [4.69, 9.17) is 4.99 Å². The van der Waals surface area contributed by atoms with Crippen LogP contribution >= 0.6 is 0 Å². The van der Waals surface area contributed by atoms with Crippen LogP contribution in [0.3, 0.4) is 0 Å². The molecule has 1 heterocycles. The highest BCUT2D eigenvalue weighted by atomic mass is 16.1. The number of anilines is 1. The molecule has 1 aliphatic rings. The van der Waals surface area contributed by atoms with Gasteiger partial charge in [0.25, 0.3) is 0 Å². The standard InChI is InChI=1S/C29H41N5O/c1-7-34(6)19-28(20(2)3)30-18-21(4)31-22(5)24-11-8-12-25(16-24)33-29(35)17-26-15-14-23-10-9-13-27(23)32-26/h8,11-12,14-16,18-22,31H,7,9-10,13,17H2,1-6H3,(H,33,35)/b28-19+,30-18?/t21?,22-/m0/s1. The molecule has 0 radical (unpaired) electrons. The van der Waals surface area contributed by atoms with Crippen molar-refractivity contribution in [3.8, 4) is 0 Å². The minimum Gasteiger partial charge on any atom is -0.379 e. The molecule has 1 aromatic heterocycles. The maximum absolute atomic E-state index is 12.7. The third-order valence-corrected chi connectivity index (χ3v) is 6.40. The Hall–Kier alpha value is -2.99. The summed E-state index contributed by atoms with van der Waals surface area (Å²) in [7, 11) is 2.07. The molecule has 0 saturated carbocycles. The van der Waals surface area contributed by atoms with E-state index in [1.165, 1.54) is 5.56 Å². The average Bonchev–Trinajstić information content (AvgIpc) is 3.29. The zero-order chi connectivity index (χ0) is 25.4. The van der Waals surface area contributed by atoms with Crippen molar-refractivity contribution < 1.29 is 4.79 Å². The molecule has 35 heavy (non-hydrogen) atoms. The van der Waals surface area contributed by atoms with Crippen LogP contribution in [0.2, 0.25) is 0 Å². The largest absolute Gasteiger partial charge is 0.379 e. The maximum Gasteiger partial charge on any atom is 0.230 e. The fourth-order valence-electron chi connectivity index (χ4n) is 4.20. The van der Waals surface area contributed by atoms with Crippen molar-refractivity contribution in [2.24, 2.45) is 10.9 Å². The summed E-state index contributed by atoms with van der Waals surface area (Å²) in [6, 6.07) is 12.3. The molecule has 0 fully saturated rings. The Labute approximate surface area is 210 Å². The predicted molar refractivity (Wildman–Crippen MR) is 146 cm³/mol. The third kappa shape index (κ3) is 8.03. The number of carbonyl (C=O) groups is 1. The quantitative estimate of drug-likeness (QED) is 0.432. The van der Waals surface area contributed by atoms with E-state index in [0.717, 1.165) is 54.1 Å². The average molecular weight is 476 g/mol. The summed E-state index contributed by atoms with van der Waals surface area (Å²) in [5.74, 6) is 0.316. The molecule has 2 N–H and O–H groups in total. The number of hydrogen-bond acceptors (Lipinski definition) is 5. The molecular formula is C29H41N5O. The summed E-state index contributed by atoms with van der Waals surface area (Å²) >= 11 is 0. The van der Waals surface area contributed by atoms with Crippen molar-refractivity contribution in [3.05, 3.63) is 70.8 Å². The molecule has 1 unspecified atom stereocenters. The molecule has 6 heteroatoms. The van der Waals surface area contributed by atoms with Crippen LogP contribution in [0.25, 0.3) is 0 Å². The predicted octanol–water partition coefficient (Wildman–Crippen LogP) is 5.31. The Kier molecular flexibility index (Phi) is 9.61. The van der Waals surface area contributed by atoms with Gasteiger partial charge in [-0.3, -0.25) is 14.8 Å². The molecule has 0 bridgehead atoms. The zero-order valence-electron chi connectivity index (χ0n) is 22.1. The highest BCUT2D eigenvalue weighted by Gasteiger charge is 2.15. The van der Waals surface area contributed by atoms with E-state index in [-0.39, 0.29) is 24.4 Å². The fraction of sp³-hybridized carbons (Fsp3) is 0.483. The van der Waals surface area contributed by atoms with Crippen LogP contribution in [0.5, 0.6) is 0 Å². The monoisotopic (exact) mass is 475 g/mol. The first kappa shape index (κ1) is 26.6. The Morgan fingerprint density at radius 3 is 2.71 bits per heavy atom. The minimum absolute atomic E-state index is 0.0428. The molecule has 1 aliphatic carbocycles. The third-order valence-electron chi connectivity index (χ3n) is 6.40. The molecule has 2 atom stereocenters. The number of amides is 1. The molecule has 188 valence electrons. The number of nitrogens with zero attached hydrogens (tertiary/aromatic N) is 3. The lowest BCUT2D eigenvalue weighted by atomic mass is 10.1. The van der Waals surface area contributed by atoms with Crippen molar-refractivity contribution in [1.29, 1.82) is 0 Å². The molecule has 3 rings (SSSR count). The van der Waals surface area contributed by atoms with E-state index in [1.807, 2.05) is 30.5 Å². The minimum atomic E-state index is -0.0428. The smallest absolute Gasteiger partial charge is 0.230 e. The molecule has 0 spiro atoms. The second kappa shape index (κ2) is 12.6. The molecule has 1 aromatic carbocycles. The van der Waals surface area contributed by atoms with Gasteiger partial charge in [0, 0.05) is 49.5 Å². The Balaban J connectivity index is 1.57. The first-order chi connectivity index (χ1) is 16.7. The van der Waals surface area contributed by atoms with Crippen LogP contribution in [-0.4, -0.2) is 41.6 Å². The van der Waals surface area contributed by atoms with Crippen molar-refractivity contribution in [1.82, 2.24) is 15.2 Å². The number of fused-ring (bicyclic) bond motifs is 1. The summed E-state index contributed by atoms with van der Waals surface area (Å²) in [6.45, 7) is 11.6. The van der Waals surface area contributed by atoms with Crippen LogP contribution in [0.1, 0.15) is 69.6 Å². The summed E-state index contributed by atoms with van der Waals surface area (Å²) in [6.07, 6.45) is 7.66. The molecule has 0 aliphatic heterocycles. The van der Waals surface area contributed by atoms with Crippen molar-refractivity contribution in [3.63, 3.8) is 0 Å². The highest BCUT2D eigenvalue weighted by Crippen LogP contribution is 2.21.